The van der Waals surface area contributed by atoms with Gasteiger partial charge >= 0.3 is 11.9 Å². The number of carbonyl (C=O) groups is 2. The van der Waals surface area contributed by atoms with Crippen molar-refractivity contribution in [2.75, 3.05) is 0 Å². The first-order valence-electron chi connectivity index (χ1n) is 10.9. The molecule has 0 aliphatic heterocycles. The van der Waals surface area contributed by atoms with E-state index in [0.717, 1.165) is 24.6 Å². The van der Waals surface area contributed by atoms with Gasteiger partial charge < -0.3 is 9.47 Å². The molecule has 10 heteroatoms. The molecule has 0 radical (unpaired) electrons. The number of hydrogen-bond donors (Lipinski definition) is 0. The molecule has 0 bridgehead atoms. The van der Waals surface area contributed by atoms with Gasteiger partial charge in [-0.3, -0.25) is 20.2 Å². The van der Waals surface area contributed by atoms with E-state index in [-0.39, 0.29) is 16.9 Å². The van der Waals surface area contributed by atoms with Crippen LogP contribution in [0, 0.1) is 31.6 Å². The maximum absolute atomic E-state index is 12.8. The van der Waals surface area contributed by atoms with E-state index in [0.29, 0.717) is 18.4 Å². The van der Waals surface area contributed by atoms with Crippen molar-refractivity contribution in [1.29, 1.82) is 0 Å². The standard InChI is InChI=1S/C24H26N2O8/c1-24(2,3)17-9-10-20(21(13-17)34-22(27)15-7-5-4-6-8-15)33-23(28)16-11-18(25(29)30)14-19(12-16)26(31)32/h4-8,11-12,14,17,20-21H,9-10,13H2,1-3H3/t17-,20-,21-/m1/s1. The highest BCUT2D eigenvalue weighted by molar-refractivity contribution is 5.91. The Hall–Kier alpha value is -3.82. The molecule has 180 valence electrons. The number of non-ortho nitro benzene ring substituents is 2. The Morgan fingerprint density at radius 1 is 0.824 bits per heavy atom. The summed E-state index contributed by atoms with van der Waals surface area (Å²) in [6.45, 7) is 6.26. The van der Waals surface area contributed by atoms with Gasteiger partial charge in [0.1, 0.15) is 12.2 Å². The smallest absolute Gasteiger partial charge is 0.339 e. The fourth-order valence-corrected chi connectivity index (χ4v) is 4.06. The molecule has 2 aromatic carbocycles. The number of rotatable bonds is 6. The van der Waals surface area contributed by atoms with Crippen molar-refractivity contribution in [3.8, 4) is 0 Å². The molecule has 3 atom stereocenters. The van der Waals surface area contributed by atoms with E-state index in [1.807, 2.05) is 0 Å². The summed E-state index contributed by atoms with van der Waals surface area (Å²) in [5.41, 5.74) is -1.20. The Kier molecular flexibility index (Phi) is 7.29. The second-order valence-corrected chi connectivity index (χ2v) is 9.38. The van der Waals surface area contributed by atoms with Crippen molar-refractivity contribution in [2.24, 2.45) is 11.3 Å². The maximum atomic E-state index is 12.8. The third-order valence-corrected chi connectivity index (χ3v) is 6.04. The molecule has 0 aromatic heterocycles. The third kappa shape index (κ3) is 5.94. The number of hydrogen-bond acceptors (Lipinski definition) is 8. The first kappa shape index (κ1) is 24.8. The third-order valence-electron chi connectivity index (χ3n) is 6.04. The molecule has 34 heavy (non-hydrogen) atoms. The number of ether oxygens (including phenoxy) is 2. The molecule has 1 saturated carbocycles. The number of benzene rings is 2. The minimum Gasteiger partial charge on any atom is -0.455 e. The zero-order valence-corrected chi connectivity index (χ0v) is 19.1. The lowest BCUT2D eigenvalue weighted by atomic mass is 9.71. The Morgan fingerprint density at radius 3 is 1.88 bits per heavy atom. The van der Waals surface area contributed by atoms with Crippen LogP contribution in [0.25, 0.3) is 0 Å². The zero-order chi connectivity index (χ0) is 25.0. The Balaban J connectivity index is 1.84. The van der Waals surface area contributed by atoms with Crippen LogP contribution in [0.2, 0.25) is 0 Å². The Bertz CT molecular complexity index is 1060. The average molecular weight is 470 g/mol. The van der Waals surface area contributed by atoms with Crippen LogP contribution in [-0.4, -0.2) is 34.0 Å². The van der Waals surface area contributed by atoms with Crippen LogP contribution < -0.4 is 0 Å². The van der Waals surface area contributed by atoms with Crippen LogP contribution in [-0.2, 0) is 9.47 Å². The summed E-state index contributed by atoms with van der Waals surface area (Å²) in [6.07, 6.45) is 0.0722. The molecule has 0 heterocycles. The summed E-state index contributed by atoms with van der Waals surface area (Å²) in [6, 6.07) is 11.1. The van der Waals surface area contributed by atoms with E-state index in [4.69, 9.17) is 9.47 Å². The lowest BCUT2D eigenvalue weighted by Gasteiger charge is -2.40. The molecule has 0 saturated heterocycles. The highest BCUT2D eigenvalue weighted by atomic mass is 16.6. The molecule has 1 fully saturated rings. The summed E-state index contributed by atoms with van der Waals surface area (Å²) < 4.78 is 11.3. The maximum Gasteiger partial charge on any atom is 0.339 e. The predicted octanol–water partition coefficient (Wildman–Crippen LogP) is 5.10. The van der Waals surface area contributed by atoms with Gasteiger partial charge in [-0.2, -0.15) is 0 Å². The highest BCUT2D eigenvalue weighted by Gasteiger charge is 2.40. The van der Waals surface area contributed by atoms with Crippen molar-refractivity contribution in [3.63, 3.8) is 0 Å². The SMILES string of the molecule is CC(C)(C)[C@@H]1CC[C@@H](OC(=O)c2cc([N+](=O)[O-])cc([N+](=O)[O-])c2)[C@H](OC(=O)c2ccccc2)C1. The molecule has 1 aliphatic carbocycles. The fraction of sp³-hybridized carbons (Fsp3) is 0.417. The van der Waals surface area contributed by atoms with E-state index >= 15 is 0 Å². The van der Waals surface area contributed by atoms with E-state index in [2.05, 4.69) is 20.8 Å². The first-order valence-corrected chi connectivity index (χ1v) is 10.9. The van der Waals surface area contributed by atoms with Gasteiger partial charge in [0.05, 0.1) is 27.0 Å². The van der Waals surface area contributed by atoms with Gasteiger partial charge in [0, 0.05) is 12.1 Å². The lowest BCUT2D eigenvalue weighted by molar-refractivity contribution is -0.394. The quantitative estimate of drug-likeness (QED) is 0.323. The van der Waals surface area contributed by atoms with Crippen molar-refractivity contribution in [2.45, 2.75) is 52.2 Å². The minimum atomic E-state index is -0.952. The normalized spacial score (nSPS) is 20.3. The topological polar surface area (TPSA) is 139 Å². The number of carbonyl (C=O) groups excluding carboxylic acids is 2. The van der Waals surface area contributed by atoms with E-state index < -0.39 is 45.4 Å². The zero-order valence-electron chi connectivity index (χ0n) is 19.1. The predicted molar refractivity (Wildman–Crippen MR) is 121 cm³/mol. The summed E-state index contributed by atoms with van der Waals surface area (Å²) in [4.78, 5) is 46.2. The molecule has 1 aliphatic rings. The van der Waals surface area contributed by atoms with Crippen molar-refractivity contribution >= 4 is 23.3 Å². The van der Waals surface area contributed by atoms with Crippen LogP contribution in [0.1, 0.15) is 60.7 Å². The summed E-state index contributed by atoms with van der Waals surface area (Å²) in [7, 11) is 0. The highest BCUT2D eigenvalue weighted by Crippen LogP contribution is 2.40. The Labute approximate surface area is 196 Å². The lowest BCUT2D eigenvalue weighted by Crippen LogP contribution is -2.43. The fourth-order valence-electron chi connectivity index (χ4n) is 4.06. The van der Waals surface area contributed by atoms with E-state index in [1.54, 1.807) is 30.3 Å². The van der Waals surface area contributed by atoms with Crippen LogP contribution in [0.3, 0.4) is 0 Å². The first-order chi connectivity index (χ1) is 16.0. The average Bonchev–Trinajstić information content (AvgIpc) is 2.79. The van der Waals surface area contributed by atoms with Gasteiger partial charge in [-0.15, -0.1) is 0 Å². The summed E-state index contributed by atoms with van der Waals surface area (Å²) in [5, 5.41) is 22.3. The number of esters is 2. The van der Waals surface area contributed by atoms with Gasteiger partial charge in [0.15, 0.2) is 0 Å². The van der Waals surface area contributed by atoms with Crippen molar-refractivity contribution in [3.05, 3.63) is 79.9 Å². The van der Waals surface area contributed by atoms with Gasteiger partial charge in [-0.05, 0) is 42.7 Å². The monoisotopic (exact) mass is 470 g/mol. The van der Waals surface area contributed by atoms with Crippen LogP contribution >= 0.6 is 0 Å². The van der Waals surface area contributed by atoms with Crippen LogP contribution in [0.4, 0.5) is 11.4 Å². The summed E-state index contributed by atoms with van der Waals surface area (Å²) in [5.74, 6) is -1.30. The van der Waals surface area contributed by atoms with Crippen LogP contribution in [0.15, 0.2) is 48.5 Å². The number of nitro benzene ring substituents is 2. The molecular formula is C24H26N2O8. The van der Waals surface area contributed by atoms with Crippen LogP contribution in [0.5, 0.6) is 0 Å². The van der Waals surface area contributed by atoms with E-state index in [1.165, 1.54) is 0 Å². The molecule has 10 nitrogen and oxygen atoms in total. The molecule has 0 spiro atoms. The minimum absolute atomic E-state index is 0.0625. The van der Waals surface area contributed by atoms with Gasteiger partial charge in [-0.25, -0.2) is 9.59 Å². The molecule has 0 amide bonds. The molecule has 0 N–H and O–H groups in total. The molecule has 3 rings (SSSR count). The van der Waals surface area contributed by atoms with Crippen molar-refractivity contribution in [1.82, 2.24) is 0 Å². The second-order valence-electron chi connectivity index (χ2n) is 9.38. The summed E-state index contributed by atoms with van der Waals surface area (Å²) >= 11 is 0. The van der Waals surface area contributed by atoms with Gasteiger partial charge in [-0.1, -0.05) is 39.0 Å². The second kappa shape index (κ2) is 9.98. The molecule has 2 aromatic rings. The van der Waals surface area contributed by atoms with E-state index in [9.17, 15) is 29.8 Å². The number of nitro groups is 2. The largest absolute Gasteiger partial charge is 0.455 e. The van der Waals surface area contributed by atoms with Gasteiger partial charge in [0.2, 0.25) is 0 Å². The molecular weight excluding hydrogens is 444 g/mol. The molecule has 0 unspecified atom stereocenters. The van der Waals surface area contributed by atoms with Gasteiger partial charge in [0.25, 0.3) is 11.4 Å². The Morgan fingerprint density at radius 2 is 1.35 bits per heavy atom. The van der Waals surface area contributed by atoms with Crippen molar-refractivity contribution < 1.29 is 28.9 Å². The number of nitrogens with zero attached hydrogens (tertiary/aromatic N) is 2.